The van der Waals surface area contributed by atoms with Gasteiger partial charge in [0.1, 0.15) is 0 Å². The fraction of sp³-hybridized carbons (Fsp3) is 0.789. The molecule has 0 amide bonds. The summed E-state index contributed by atoms with van der Waals surface area (Å²) in [5, 5.41) is 3.54. The van der Waals surface area contributed by atoms with Crippen LogP contribution in [-0.2, 0) is 0 Å². The van der Waals surface area contributed by atoms with Crippen molar-refractivity contribution in [3.05, 3.63) is 23.9 Å². The largest absolute Gasteiger partial charge is 0.375 e. The van der Waals surface area contributed by atoms with E-state index in [1.165, 1.54) is 31.6 Å². The van der Waals surface area contributed by atoms with Gasteiger partial charge < -0.3 is 10.2 Å². The number of hydrogen-bond donors (Lipinski definition) is 1. The quantitative estimate of drug-likeness (QED) is 0.549. The Bertz CT molecular complexity index is 299. The summed E-state index contributed by atoms with van der Waals surface area (Å²) in [5.74, 6) is 1.20. The summed E-state index contributed by atoms with van der Waals surface area (Å²) in [6, 6.07) is 0.450. The first-order valence-electron chi connectivity index (χ1n) is 8.75. The molecule has 0 fully saturated rings. The van der Waals surface area contributed by atoms with Gasteiger partial charge in [0.15, 0.2) is 0 Å². The lowest BCUT2D eigenvalue weighted by Crippen LogP contribution is -2.28. The van der Waals surface area contributed by atoms with Gasteiger partial charge in [-0.1, -0.05) is 52.8 Å². The second-order valence-electron chi connectivity index (χ2n) is 6.63. The Labute approximate surface area is 133 Å². The molecular weight excluding hydrogens is 256 g/mol. The maximum absolute atomic E-state index is 3.54. The second-order valence-corrected chi connectivity index (χ2v) is 6.63. The number of nitrogens with zero attached hydrogens (tertiary/aromatic N) is 1. The molecule has 0 saturated carbocycles. The van der Waals surface area contributed by atoms with Crippen molar-refractivity contribution in [3.63, 3.8) is 0 Å². The first kappa shape index (κ1) is 20.2. The minimum atomic E-state index is 0.450. The van der Waals surface area contributed by atoms with E-state index in [-0.39, 0.29) is 0 Å². The van der Waals surface area contributed by atoms with Gasteiger partial charge in [-0.05, 0) is 45.1 Å². The van der Waals surface area contributed by atoms with Crippen LogP contribution in [0.25, 0.3) is 0 Å². The number of allylic oxidation sites excluding steroid dienone is 3. The minimum Gasteiger partial charge on any atom is -0.375 e. The maximum Gasteiger partial charge on any atom is 0.0221 e. The van der Waals surface area contributed by atoms with Crippen LogP contribution >= 0.6 is 0 Å². The summed E-state index contributed by atoms with van der Waals surface area (Å²) < 4.78 is 0. The predicted octanol–water partition coefficient (Wildman–Crippen LogP) is 4.84. The van der Waals surface area contributed by atoms with Crippen molar-refractivity contribution in [1.29, 1.82) is 0 Å². The smallest absolute Gasteiger partial charge is 0.0221 e. The van der Waals surface area contributed by atoms with E-state index in [1.807, 2.05) is 0 Å². The van der Waals surface area contributed by atoms with E-state index in [0.29, 0.717) is 17.9 Å². The first-order valence-corrected chi connectivity index (χ1v) is 8.75. The molecule has 0 spiro atoms. The maximum atomic E-state index is 3.54. The molecule has 0 aliphatic rings. The van der Waals surface area contributed by atoms with Crippen LogP contribution in [0.15, 0.2) is 23.9 Å². The highest BCUT2D eigenvalue weighted by atomic mass is 15.1. The number of nitrogens with one attached hydrogen (secondary N) is 1. The van der Waals surface area contributed by atoms with Gasteiger partial charge in [0.05, 0.1) is 0 Å². The summed E-state index contributed by atoms with van der Waals surface area (Å²) in [4.78, 5) is 2.50. The normalized spacial score (nSPS) is 15.7. The Kier molecular flexibility index (Phi) is 11.4. The van der Waals surface area contributed by atoms with Gasteiger partial charge in [0, 0.05) is 24.8 Å². The van der Waals surface area contributed by atoms with E-state index in [2.05, 4.69) is 76.9 Å². The molecule has 2 nitrogen and oxygen atoms in total. The van der Waals surface area contributed by atoms with Gasteiger partial charge in [0.2, 0.25) is 0 Å². The second kappa shape index (κ2) is 11.9. The predicted molar refractivity (Wildman–Crippen MR) is 96.5 cm³/mol. The van der Waals surface area contributed by atoms with E-state index in [0.717, 1.165) is 6.54 Å². The lowest BCUT2D eigenvalue weighted by atomic mass is 10.1. The fourth-order valence-electron chi connectivity index (χ4n) is 2.38. The zero-order chi connectivity index (χ0) is 16.3. The van der Waals surface area contributed by atoms with Crippen LogP contribution in [-0.4, -0.2) is 30.6 Å². The number of rotatable bonds is 11. The molecule has 0 heterocycles. The standard InChI is InChI=1S/C19H38N2/c1-8-12-21(13-9-2)19(7)14-17(5)10-11-18(6)20-15-16(3)4/h10-11,14,16-18,20H,8-9,12-13,15H2,1-7H3/b11-10-,19-14+. The molecule has 0 aliphatic heterocycles. The summed E-state index contributed by atoms with van der Waals surface area (Å²) in [7, 11) is 0. The van der Waals surface area contributed by atoms with E-state index >= 15 is 0 Å². The Morgan fingerprint density at radius 2 is 1.57 bits per heavy atom. The van der Waals surface area contributed by atoms with Gasteiger partial charge in [-0.15, -0.1) is 0 Å². The zero-order valence-corrected chi connectivity index (χ0v) is 15.4. The molecule has 0 bridgehead atoms. The van der Waals surface area contributed by atoms with Crippen LogP contribution in [0, 0.1) is 11.8 Å². The van der Waals surface area contributed by atoms with E-state index < -0.39 is 0 Å². The molecule has 0 radical (unpaired) electrons. The average molecular weight is 295 g/mol. The highest BCUT2D eigenvalue weighted by Gasteiger charge is 2.04. The third kappa shape index (κ3) is 10.6. The Morgan fingerprint density at radius 1 is 1.00 bits per heavy atom. The SMILES string of the molecule is CCCN(CCC)/C(C)=C/C(C)/C=C\C(C)NCC(C)C. The lowest BCUT2D eigenvalue weighted by molar-refractivity contribution is 0.343. The molecular formula is C19H38N2. The first-order chi connectivity index (χ1) is 9.90. The lowest BCUT2D eigenvalue weighted by Gasteiger charge is -2.25. The highest BCUT2D eigenvalue weighted by molar-refractivity contribution is 5.07. The average Bonchev–Trinajstić information content (AvgIpc) is 2.42. The van der Waals surface area contributed by atoms with E-state index in [4.69, 9.17) is 0 Å². The molecule has 2 atom stereocenters. The molecule has 124 valence electrons. The Hall–Kier alpha value is -0.760. The summed E-state index contributed by atoms with van der Waals surface area (Å²) in [6.07, 6.45) is 9.42. The van der Waals surface area contributed by atoms with Crippen LogP contribution in [0.4, 0.5) is 0 Å². The van der Waals surface area contributed by atoms with Crippen molar-refractivity contribution < 1.29 is 0 Å². The molecule has 0 aromatic rings. The van der Waals surface area contributed by atoms with Crippen molar-refractivity contribution in [3.8, 4) is 0 Å². The molecule has 2 unspecified atom stereocenters. The van der Waals surface area contributed by atoms with Crippen LogP contribution in [0.3, 0.4) is 0 Å². The molecule has 21 heavy (non-hydrogen) atoms. The van der Waals surface area contributed by atoms with Crippen molar-refractivity contribution >= 4 is 0 Å². The molecule has 0 aromatic heterocycles. The fourth-order valence-corrected chi connectivity index (χ4v) is 2.38. The van der Waals surface area contributed by atoms with Gasteiger partial charge in [-0.25, -0.2) is 0 Å². The van der Waals surface area contributed by atoms with Crippen LogP contribution < -0.4 is 5.32 Å². The van der Waals surface area contributed by atoms with Gasteiger partial charge in [-0.3, -0.25) is 0 Å². The molecule has 0 aliphatic carbocycles. The van der Waals surface area contributed by atoms with E-state index in [1.54, 1.807) is 0 Å². The van der Waals surface area contributed by atoms with E-state index in [9.17, 15) is 0 Å². The minimum absolute atomic E-state index is 0.450. The van der Waals surface area contributed by atoms with Crippen LogP contribution in [0.1, 0.15) is 61.3 Å². The van der Waals surface area contributed by atoms with Crippen LogP contribution in [0.2, 0.25) is 0 Å². The summed E-state index contributed by atoms with van der Waals surface area (Å²) in [5.41, 5.74) is 1.42. The number of hydrogen-bond acceptors (Lipinski definition) is 2. The summed E-state index contributed by atoms with van der Waals surface area (Å²) in [6.45, 7) is 19.1. The van der Waals surface area contributed by atoms with Crippen LogP contribution in [0.5, 0.6) is 0 Å². The topological polar surface area (TPSA) is 15.3 Å². The summed E-state index contributed by atoms with van der Waals surface area (Å²) >= 11 is 0. The molecule has 2 heteroatoms. The van der Waals surface area contributed by atoms with Crippen molar-refractivity contribution in [2.45, 2.75) is 67.3 Å². The molecule has 1 N–H and O–H groups in total. The molecule has 0 aromatic carbocycles. The van der Waals surface area contributed by atoms with Crippen molar-refractivity contribution in [2.75, 3.05) is 19.6 Å². The third-order valence-electron chi connectivity index (χ3n) is 3.54. The highest BCUT2D eigenvalue weighted by Crippen LogP contribution is 2.11. The Morgan fingerprint density at radius 3 is 2.05 bits per heavy atom. The monoisotopic (exact) mass is 294 g/mol. The van der Waals surface area contributed by atoms with Gasteiger partial charge >= 0.3 is 0 Å². The van der Waals surface area contributed by atoms with Gasteiger partial charge in [0.25, 0.3) is 0 Å². The molecule has 0 rings (SSSR count). The van der Waals surface area contributed by atoms with Crippen molar-refractivity contribution in [2.24, 2.45) is 11.8 Å². The Balaban J connectivity index is 4.41. The van der Waals surface area contributed by atoms with Crippen molar-refractivity contribution in [1.82, 2.24) is 10.2 Å². The third-order valence-corrected chi connectivity index (χ3v) is 3.54. The van der Waals surface area contributed by atoms with Gasteiger partial charge in [-0.2, -0.15) is 0 Å². The molecule has 0 saturated heterocycles. The zero-order valence-electron chi connectivity index (χ0n) is 15.4.